The Balaban J connectivity index is 2.37. The first kappa shape index (κ1) is 12.2. The molecule has 2 aromatic rings. The maximum atomic E-state index is 12.2. The van der Waals surface area contributed by atoms with Gasteiger partial charge in [0.1, 0.15) is 11.3 Å². The van der Waals surface area contributed by atoms with Gasteiger partial charge in [-0.25, -0.2) is 4.98 Å². The lowest BCUT2D eigenvalue weighted by Gasteiger charge is -2.09. The van der Waals surface area contributed by atoms with Crippen LogP contribution in [0.15, 0.2) is 18.5 Å². The van der Waals surface area contributed by atoms with Gasteiger partial charge in [0.05, 0.1) is 24.0 Å². The quantitative estimate of drug-likeness (QED) is 0.797. The number of pyridine rings is 1. The molecular formula is C10H9ClF3N3. The van der Waals surface area contributed by atoms with Crippen LogP contribution in [0.2, 0.25) is 0 Å². The standard InChI is InChI=1S/C10H9ClF3N3/c11-5-9-16-7-6-15-3-1-8(7)17(9)4-2-10(12,13)14/h1,3,6H,2,4-5H2. The van der Waals surface area contributed by atoms with Crippen LogP contribution in [-0.4, -0.2) is 20.7 Å². The van der Waals surface area contributed by atoms with E-state index < -0.39 is 12.6 Å². The second-order valence-corrected chi connectivity index (χ2v) is 3.81. The highest BCUT2D eigenvalue weighted by Gasteiger charge is 2.27. The maximum Gasteiger partial charge on any atom is 0.390 e. The Morgan fingerprint density at radius 1 is 1.35 bits per heavy atom. The molecule has 2 rings (SSSR count). The minimum absolute atomic E-state index is 0.0759. The number of aryl methyl sites for hydroxylation is 1. The van der Waals surface area contributed by atoms with E-state index in [1.54, 1.807) is 6.07 Å². The molecule has 0 saturated heterocycles. The van der Waals surface area contributed by atoms with E-state index in [1.807, 2.05) is 0 Å². The van der Waals surface area contributed by atoms with Gasteiger partial charge in [-0.2, -0.15) is 13.2 Å². The zero-order chi connectivity index (χ0) is 12.5. The molecule has 0 radical (unpaired) electrons. The van der Waals surface area contributed by atoms with Crippen LogP contribution in [0.25, 0.3) is 11.0 Å². The summed E-state index contributed by atoms with van der Waals surface area (Å²) in [6.45, 7) is -0.175. The van der Waals surface area contributed by atoms with Crippen molar-refractivity contribution in [3.05, 3.63) is 24.3 Å². The maximum absolute atomic E-state index is 12.2. The van der Waals surface area contributed by atoms with E-state index in [4.69, 9.17) is 11.6 Å². The van der Waals surface area contributed by atoms with Gasteiger partial charge < -0.3 is 4.57 Å². The molecule has 0 fully saturated rings. The molecule has 0 atom stereocenters. The number of rotatable bonds is 3. The summed E-state index contributed by atoms with van der Waals surface area (Å²) >= 11 is 5.67. The monoisotopic (exact) mass is 263 g/mol. The smallest absolute Gasteiger partial charge is 0.327 e. The highest BCUT2D eigenvalue weighted by atomic mass is 35.5. The molecule has 2 heterocycles. The van der Waals surface area contributed by atoms with Crippen LogP contribution in [0.1, 0.15) is 12.2 Å². The largest absolute Gasteiger partial charge is 0.390 e. The van der Waals surface area contributed by atoms with Crippen LogP contribution < -0.4 is 0 Å². The lowest BCUT2D eigenvalue weighted by atomic mass is 10.3. The fourth-order valence-corrected chi connectivity index (χ4v) is 1.83. The molecule has 7 heteroatoms. The molecule has 0 aliphatic carbocycles. The molecule has 3 nitrogen and oxygen atoms in total. The summed E-state index contributed by atoms with van der Waals surface area (Å²) in [5.41, 5.74) is 1.19. The molecule has 0 spiro atoms. The predicted molar refractivity (Wildman–Crippen MR) is 57.8 cm³/mol. The van der Waals surface area contributed by atoms with Crippen molar-refractivity contribution < 1.29 is 13.2 Å². The topological polar surface area (TPSA) is 30.7 Å². The summed E-state index contributed by atoms with van der Waals surface area (Å²) in [6.07, 6.45) is -2.06. The number of imidazole rings is 1. The molecule has 0 unspecified atom stereocenters. The number of alkyl halides is 4. The molecule has 0 saturated carbocycles. The highest BCUT2D eigenvalue weighted by Crippen LogP contribution is 2.23. The molecule has 0 aliphatic rings. The third kappa shape index (κ3) is 2.69. The molecule has 0 amide bonds. The molecule has 0 aromatic carbocycles. The van der Waals surface area contributed by atoms with Gasteiger partial charge >= 0.3 is 6.18 Å². The van der Waals surface area contributed by atoms with Crippen LogP contribution in [0.3, 0.4) is 0 Å². The third-order valence-corrected chi connectivity index (χ3v) is 2.61. The number of aromatic nitrogens is 3. The average molecular weight is 264 g/mol. The Labute approximate surface area is 100 Å². The van der Waals surface area contributed by atoms with E-state index in [-0.39, 0.29) is 12.4 Å². The number of hydrogen-bond acceptors (Lipinski definition) is 2. The summed E-state index contributed by atoms with van der Waals surface area (Å²) in [4.78, 5) is 8.00. The molecule has 17 heavy (non-hydrogen) atoms. The molecular weight excluding hydrogens is 255 g/mol. The average Bonchev–Trinajstić information content (AvgIpc) is 2.63. The summed E-state index contributed by atoms with van der Waals surface area (Å²) < 4.78 is 38.1. The van der Waals surface area contributed by atoms with Gasteiger partial charge in [0, 0.05) is 12.7 Å². The van der Waals surface area contributed by atoms with Crippen LogP contribution in [0.5, 0.6) is 0 Å². The van der Waals surface area contributed by atoms with Crippen molar-refractivity contribution in [3.63, 3.8) is 0 Å². The number of fused-ring (bicyclic) bond motifs is 1. The molecule has 92 valence electrons. The first-order valence-corrected chi connectivity index (χ1v) is 5.46. The van der Waals surface area contributed by atoms with E-state index in [2.05, 4.69) is 9.97 Å². The zero-order valence-electron chi connectivity index (χ0n) is 8.71. The van der Waals surface area contributed by atoms with Gasteiger partial charge in [0.2, 0.25) is 0 Å². The third-order valence-electron chi connectivity index (χ3n) is 2.37. The van der Waals surface area contributed by atoms with Crippen molar-refractivity contribution in [2.45, 2.75) is 25.0 Å². The van der Waals surface area contributed by atoms with Gasteiger partial charge in [-0.05, 0) is 6.07 Å². The number of halogens is 4. The second-order valence-electron chi connectivity index (χ2n) is 3.54. The predicted octanol–water partition coefficient (Wildman–Crippen LogP) is 3.12. The lowest BCUT2D eigenvalue weighted by molar-refractivity contribution is -0.136. The Bertz CT molecular complexity index is 521. The normalized spacial score (nSPS) is 12.2. The van der Waals surface area contributed by atoms with Crippen molar-refractivity contribution in [1.29, 1.82) is 0 Å². The highest BCUT2D eigenvalue weighted by molar-refractivity contribution is 6.16. The van der Waals surface area contributed by atoms with Crippen molar-refractivity contribution in [2.24, 2.45) is 0 Å². The summed E-state index contributed by atoms with van der Waals surface area (Å²) in [5, 5.41) is 0. The van der Waals surface area contributed by atoms with Crippen molar-refractivity contribution in [2.75, 3.05) is 0 Å². The van der Waals surface area contributed by atoms with Crippen molar-refractivity contribution in [3.8, 4) is 0 Å². The minimum Gasteiger partial charge on any atom is -0.327 e. The van der Waals surface area contributed by atoms with Gasteiger partial charge in [-0.3, -0.25) is 4.98 Å². The molecule has 0 N–H and O–H groups in total. The Morgan fingerprint density at radius 3 is 2.76 bits per heavy atom. The van der Waals surface area contributed by atoms with E-state index in [0.29, 0.717) is 16.9 Å². The first-order valence-electron chi connectivity index (χ1n) is 4.93. The van der Waals surface area contributed by atoms with E-state index in [9.17, 15) is 13.2 Å². The van der Waals surface area contributed by atoms with Gasteiger partial charge in [-0.1, -0.05) is 0 Å². The minimum atomic E-state index is -4.19. The Kier molecular flexibility index (Phi) is 3.24. The molecule has 0 bridgehead atoms. The van der Waals surface area contributed by atoms with Crippen molar-refractivity contribution in [1.82, 2.24) is 14.5 Å². The second kappa shape index (κ2) is 4.52. The fraction of sp³-hybridized carbons (Fsp3) is 0.400. The van der Waals surface area contributed by atoms with Crippen molar-refractivity contribution >= 4 is 22.6 Å². The molecule has 0 aliphatic heterocycles. The SMILES string of the molecule is FC(F)(F)CCn1c(CCl)nc2cnccc21. The number of nitrogens with zero attached hydrogens (tertiary/aromatic N) is 3. The van der Waals surface area contributed by atoms with Crippen LogP contribution in [0, 0.1) is 0 Å². The number of hydrogen-bond donors (Lipinski definition) is 0. The zero-order valence-corrected chi connectivity index (χ0v) is 9.46. The van der Waals surface area contributed by atoms with Gasteiger partial charge in [0.15, 0.2) is 0 Å². The van der Waals surface area contributed by atoms with E-state index in [0.717, 1.165) is 0 Å². The first-order chi connectivity index (χ1) is 8.01. The van der Waals surface area contributed by atoms with Gasteiger partial charge in [0.25, 0.3) is 0 Å². The summed E-state index contributed by atoms with van der Waals surface area (Å²) in [6, 6.07) is 1.63. The summed E-state index contributed by atoms with van der Waals surface area (Å²) in [7, 11) is 0. The Morgan fingerprint density at radius 2 is 2.12 bits per heavy atom. The Hall–Kier alpha value is -1.30. The lowest BCUT2D eigenvalue weighted by Crippen LogP contribution is -2.13. The molecule has 2 aromatic heterocycles. The fourth-order valence-electron chi connectivity index (χ4n) is 1.62. The van der Waals surface area contributed by atoms with E-state index >= 15 is 0 Å². The van der Waals surface area contributed by atoms with E-state index in [1.165, 1.54) is 17.0 Å². The van der Waals surface area contributed by atoms with Gasteiger partial charge in [-0.15, -0.1) is 11.6 Å². The van der Waals surface area contributed by atoms with Crippen LogP contribution in [-0.2, 0) is 12.4 Å². The van der Waals surface area contributed by atoms with Crippen LogP contribution in [0.4, 0.5) is 13.2 Å². The summed E-state index contributed by atoms with van der Waals surface area (Å²) in [5.74, 6) is 0.505. The van der Waals surface area contributed by atoms with Crippen LogP contribution >= 0.6 is 11.6 Å².